The fourth-order valence-corrected chi connectivity index (χ4v) is 3.30. The maximum Gasteiger partial charge on any atom is 0.273 e. The van der Waals surface area contributed by atoms with Gasteiger partial charge in [-0.15, -0.1) is 12.4 Å². The van der Waals surface area contributed by atoms with Crippen molar-refractivity contribution in [1.29, 1.82) is 0 Å². The molecule has 0 aromatic carbocycles. The first-order chi connectivity index (χ1) is 11.0. The summed E-state index contributed by atoms with van der Waals surface area (Å²) < 4.78 is 1.62. The first kappa shape index (κ1) is 18.5. The van der Waals surface area contributed by atoms with Gasteiger partial charge < -0.3 is 10.6 Å². The largest absolute Gasteiger partial charge is 0.354 e. The number of carbonyl (C=O) groups is 1. The van der Waals surface area contributed by atoms with E-state index in [9.17, 15) is 9.59 Å². The van der Waals surface area contributed by atoms with Crippen molar-refractivity contribution in [2.75, 3.05) is 13.1 Å². The number of fused-ring (bicyclic) bond motifs is 1. The van der Waals surface area contributed by atoms with Gasteiger partial charge in [0, 0.05) is 25.3 Å². The normalized spacial score (nSPS) is 17.0. The van der Waals surface area contributed by atoms with E-state index >= 15 is 0 Å². The first-order valence-corrected chi connectivity index (χ1v) is 8.02. The monoisotopic (exact) mass is 353 g/mol. The number of pyridine rings is 1. The van der Waals surface area contributed by atoms with Crippen LogP contribution in [-0.4, -0.2) is 39.8 Å². The summed E-state index contributed by atoms with van der Waals surface area (Å²) in [5.74, 6) is -0.0293. The summed E-state index contributed by atoms with van der Waals surface area (Å²) in [6.45, 7) is 5.44. The average molecular weight is 354 g/mol. The fraction of sp³-hybridized carbons (Fsp3) is 0.562. The number of hydrogen-bond acceptors (Lipinski definition) is 4. The van der Waals surface area contributed by atoms with E-state index in [1.807, 2.05) is 13.8 Å². The Morgan fingerprint density at radius 2 is 2.17 bits per heavy atom. The molecule has 3 rings (SSSR count). The van der Waals surface area contributed by atoms with Crippen molar-refractivity contribution in [3.63, 3.8) is 0 Å². The van der Waals surface area contributed by atoms with Gasteiger partial charge in [-0.2, -0.15) is 0 Å². The predicted molar refractivity (Wildman–Crippen MR) is 95.8 cm³/mol. The molecule has 1 saturated heterocycles. The molecule has 2 aromatic heterocycles. The van der Waals surface area contributed by atoms with Crippen LogP contribution in [0.4, 0.5) is 0 Å². The third kappa shape index (κ3) is 3.47. The Labute approximate surface area is 146 Å². The van der Waals surface area contributed by atoms with Crippen LogP contribution < -0.4 is 16.2 Å². The maximum absolute atomic E-state index is 12.2. The molecule has 0 bridgehead atoms. The Bertz CT molecular complexity index is 805. The highest BCUT2D eigenvalue weighted by atomic mass is 35.5. The molecule has 132 valence electrons. The average Bonchev–Trinajstić information content (AvgIpc) is 3.10. The second-order valence-corrected chi connectivity index (χ2v) is 6.27. The number of aromatic amines is 1. The number of rotatable bonds is 4. The van der Waals surface area contributed by atoms with Gasteiger partial charge in [0.05, 0.1) is 11.8 Å². The zero-order valence-electron chi connectivity index (χ0n) is 14.2. The fourth-order valence-electron chi connectivity index (χ4n) is 3.30. The van der Waals surface area contributed by atoms with Crippen LogP contribution in [0.15, 0.2) is 4.79 Å². The van der Waals surface area contributed by atoms with Gasteiger partial charge in [0.2, 0.25) is 5.91 Å². The summed E-state index contributed by atoms with van der Waals surface area (Å²) in [5, 5.41) is 9.62. The molecule has 0 aliphatic carbocycles. The molecule has 1 fully saturated rings. The summed E-state index contributed by atoms with van der Waals surface area (Å²) in [6.07, 6.45) is 2.52. The molecule has 8 heteroatoms. The van der Waals surface area contributed by atoms with E-state index in [0.29, 0.717) is 23.6 Å². The molecule has 3 heterocycles. The van der Waals surface area contributed by atoms with Crippen molar-refractivity contribution in [3.05, 3.63) is 27.2 Å². The summed E-state index contributed by atoms with van der Waals surface area (Å²) in [5.41, 5.74) is 2.93. The molecule has 0 spiro atoms. The van der Waals surface area contributed by atoms with Gasteiger partial charge in [-0.25, -0.2) is 4.98 Å². The highest BCUT2D eigenvalue weighted by molar-refractivity contribution is 5.85. The van der Waals surface area contributed by atoms with Crippen molar-refractivity contribution in [2.45, 2.75) is 39.2 Å². The smallest absolute Gasteiger partial charge is 0.273 e. The number of hydrogen-bond donors (Lipinski definition) is 3. The maximum atomic E-state index is 12.2. The Balaban J connectivity index is 0.00000208. The number of aromatic nitrogens is 3. The number of halogens is 1. The standard InChI is InChI=1S/C16H23N5O2.ClH/c1-9-12(7-13(22)18-8-11-5-4-6-17-11)10(2)19-15-14(9)16(23)20-21(15)3;/h11,17H,4-8H2,1-3H3,(H,18,22)(H,20,23);1H. The highest BCUT2D eigenvalue weighted by Crippen LogP contribution is 2.20. The molecule has 1 amide bonds. The highest BCUT2D eigenvalue weighted by Gasteiger charge is 2.19. The zero-order valence-corrected chi connectivity index (χ0v) is 15.0. The minimum Gasteiger partial charge on any atom is -0.354 e. The minimum atomic E-state index is -0.163. The van der Waals surface area contributed by atoms with E-state index in [0.717, 1.165) is 36.2 Å². The van der Waals surface area contributed by atoms with E-state index < -0.39 is 0 Å². The molecule has 1 aliphatic heterocycles. The van der Waals surface area contributed by atoms with Crippen molar-refractivity contribution in [1.82, 2.24) is 25.4 Å². The van der Waals surface area contributed by atoms with Gasteiger partial charge in [0.1, 0.15) is 0 Å². The Kier molecular flexibility index (Phi) is 5.66. The number of nitrogens with zero attached hydrogens (tertiary/aromatic N) is 2. The number of H-pyrrole nitrogens is 1. The van der Waals surface area contributed by atoms with Gasteiger partial charge in [-0.05, 0) is 44.4 Å². The predicted octanol–water partition coefficient (Wildman–Crippen LogP) is 0.711. The Morgan fingerprint density at radius 3 is 2.83 bits per heavy atom. The molecule has 3 N–H and O–H groups in total. The van der Waals surface area contributed by atoms with Crippen LogP contribution in [0.5, 0.6) is 0 Å². The summed E-state index contributed by atoms with van der Waals surface area (Å²) >= 11 is 0. The van der Waals surface area contributed by atoms with E-state index in [-0.39, 0.29) is 30.3 Å². The van der Waals surface area contributed by atoms with Crippen LogP contribution in [0.1, 0.15) is 29.7 Å². The zero-order chi connectivity index (χ0) is 16.6. The summed E-state index contributed by atoms with van der Waals surface area (Å²) in [4.78, 5) is 28.8. The summed E-state index contributed by atoms with van der Waals surface area (Å²) in [7, 11) is 1.76. The first-order valence-electron chi connectivity index (χ1n) is 8.02. The lowest BCUT2D eigenvalue weighted by Gasteiger charge is -2.13. The van der Waals surface area contributed by atoms with Gasteiger partial charge in [0.15, 0.2) is 5.65 Å². The Morgan fingerprint density at radius 1 is 1.42 bits per heavy atom. The lowest BCUT2D eigenvalue weighted by molar-refractivity contribution is -0.120. The summed E-state index contributed by atoms with van der Waals surface area (Å²) in [6, 6.07) is 0.374. The van der Waals surface area contributed by atoms with Crippen LogP contribution >= 0.6 is 12.4 Å². The third-order valence-corrected chi connectivity index (χ3v) is 4.62. The van der Waals surface area contributed by atoms with E-state index in [1.54, 1.807) is 11.7 Å². The van der Waals surface area contributed by atoms with Crippen LogP contribution in [-0.2, 0) is 18.3 Å². The number of carbonyl (C=O) groups excluding carboxylic acids is 1. The number of amides is 1. The SMILES string of the molecule is Cc1nc2c(c(C)c1CC(=O)NCC1CCCN1)c(=O)[nH]n2C.Cl. The van der Waals surface area contributed by atoms with Crippen LogP contribution in [0.3, 0.4) is 0 Å². The van der Waals surface area contributed by atoms with Gasteiger partial charge in [-0.3, -0.25) is 19.4 Å². The second-order valence-electron chi connectivity index (χ2n) is 6.27. The van der Waals surface area contributed by atoms with Crippen LogP contribution in [0.2, 0.25) is 0 Å². The van der Waals surface area contributed by atoms with E-state index in [1.165, 1.54) is 0 Å². The van der Waals surface area contributed by atoms with Gasteiger partial charge in [-0.1, -0.05) is 0 Å². The molecule has 2 aromatic rings. The second kappa shape index (κ2) is 7.36. The molecule has 0 saturated carbocycles. The number of aryl methyl sites for hydroxylation is 3. The lowest BCUT2D eigenvalue weighted by Crippen LogP contribution is -2.38. The van der Waals surface area contributed by atoms with Crippen molar-refractivity contribution >= 4 is 29.3 Å². The van der Waals surface area contributed by atoms with Gasteiger partial charge in [0.25, 0.3) is 5.56 Å². The minimum absolute atomic E-state index is 0. The van der Waals surface area contributed by atoms with Crippen LogP contribution in [0, 0.1) is 13.8 Å². The molecular weight excluding hydrogens is 330 g/mol. The molecule has 1 unspecified atom stereocenters. The van der Waals surface area contributed by atoms with E-state index in [2.05, 4.69) is 20.7 Å². The molecule has 0 radical (unpaired) electrons. The quantitative estimate of drug-likeness (QED) is 0.755. The van der Waals surface area contributed by atoms with E-state index in [4.69, 9.17) is 0 Å². The molecular formula is C16H24ClN5O2. The third-order valence-electron chi connectivity index (χ3n) is 4.62. The molecule has 1 aliphatic rings. The Hall–Kier alpha value is -1.86. The lowest BCUT2D eigenvalue weighted by atomic mass is 10.0. The number of nitrogens with one attached hydrogen (secondary N) is 3. The van der Waals surface area contributed by atoms with Crippen LogP contribution in [0.25, 0.3) is 11.0 Å². The topological polar surface area (TPSA) is 91.8 Å². The van der Waals surface area contributed by atoms with Crippen molar-refractivity contribution < 1.29 is 4.79 Å². The molecule has 7 nitrogen and oxygen atoms in total. The van der Waals surface area contributed by atoms with Crippen molar-refractivity contribution in [2.24, 2.45) is 7.05 Å². The molecule has 24 heavy (non-hydrogen) atoms. The molecule has 1 atom stereocenters. The van der Waals surface area contributed by atoms with Crippen molar-refractivity contribution in [3.8, 4) is 0 Å². The van der Waals surface area contributed by atoms with Gasteiger partial charge >= 0.3 is 0 Å².